The van der Waals surface area contributed by atoms with Gasteiger partial charge in [0.05, 0.1) is 0 Å². The fourth-order valence-corrected chi connectivity index (χ4v) is 4.21. The molecule has 0 spiro atoms. The molecule has 0 aromatic carbocycles. The second kappa shape index (κ2) is 20.3. The molecule has 0 bridgehead atoms. The number of likely N-dealkylation sites (N-methyl/N-ethyl adjacent to an activating group) is 1. The van der Waals surface area contributed by atoms with E-state index in [1.165, 1.54) is 45.6 Å². The Labute approximate surface area is 200 Å². The first-order valence-electron chi connectivity index (χ1n) is 13.1. The van der Waals surface area contributed by atoms with Crippen LogP contribution in [0.3, 0.4) is 0 Å². The van der Waals surface area contributed by atoms with Gasteiger partial charge < -0.3 is 10.8 Å². The Bertz CT molecular complexity index is 498. The van der Waals surface area contributed by atoms with Crippen LogP contribution < -0.4 is 5.73 Å². The number of nitrogens with zero attached hydrogens (tertiary/aromatic N) is 1. The molecule has 0 aromatic heterocycles. The summed E-state index contributed by atoms with van der Waals surface area (Å²) in [6.07, 6.45) is 15.5. The zero-order valence-corrected chi connectivity index (χ0v) is 21.1. The van der Waals surface area contributed by atoms with Gasteiger partial charge in [-0.05, 0) is 58.5 Å². The van der Waals surface area contributed by atoms with Crippen molar-refractivity contribution < 1.29 is 23.1 Å². The molecule has 2 unspecified atom stereocenters. The monoisotopic (exact) mass is 478 g/mol. The molecule has 0 aliphatic heterocycles. The van der Waals surface area contributed by atoms with Crippen LogP contribution in [0.2, 0.25) is 0 Å². The van der Waals surface area contributed by atoms with Gasteiger partial charge in [0.15, 0.2) is 0 Å². The summed E-state index contributed by atoms with van der Waals surface area (Å²) >= 11 is 0. The number of rotatable bonds is 22. The quantitative estimate of drug-likeness (QED) is 0.125. The van der Waals surface area contributed by atoms with E-state index in [0.717, 1.165) is 43.4 Å². The molecule has 0 saturated heterocycles. The minimum Gasteiger partial charge on any atom is -0.480 e. The average molecular weight is 479 g/mol. The molecule has 0 heterocycles. The molecule has 0 aromatic rings. The van der Waals surface area contributed by atoms with Crippen LogP contribution in [0.15, 0.2) is 12.2 Å². The fourth-order valence-electron chi connectivity index (χ4n) is 4.21. The summed E-state index contributed by atoms with van der Waals surface area (Å²) < 4.78 is 40.8. The van der Waals surface area contributed by atoms with Crippen molar-refractivity contribution in [1.82, 2.24) is 4.90 Å². The number of alkyl halides is 3. The Morgan fingerprint density at radius 2 is 1.33 bits per heavy atom. The highest BCUT2D eigenvalue weighted by Crippen LogP contribution is 2.30. The number of carboxylic acids is 1. The number of carbonyl (C=O) groups is 1. The molecule has 0 saturated carbocycles. The maximum Gasteiger partial charge on any atom is 0.404 e. The van der Waals surface area contributed by atoms with Gasteiger partial charge in [0.25, 0.3) is 0 Å². The molecule has 196 valence electrons. The van der Waals surface area contributed by atoms with E-state index in [-0.39, 0.29) is 12.8 Å². The van der Waals surface area contributed by atoms with Crippen LogP contribution in [0.1, 0.15) is 116 Å². The molecule has 0 fully saturated rings. The summed E-state index contributed by atoms with van der Waals surface area (Å²) in [5.74, 6) is -1.20. The number of aliphatic carboxylic acids is 1. The van der Waals surface area contributed by atoms with Gasteiger partial charge in [0.2, 0.25) is 0 Å². The number of carboxylic acid groups (broad SMARTS) is 1. The minimum atomic E-state index is -4.43. The van der Waals surface area contributed by atoms with Crippen molar-refractivity contribution in [2.45, 2.75) is 134 Å². The maximum atomic E-state index is 13.6. The molecule has 0 aliphatic carbocycles. The van der Waals surface area contributed by atoms with Gasteiger partial charge in [-0.25, -0.2) is 0 Å². The smallest absolute Gasteiger partial charge is 0.404 e. The average Bonchev–Trinajstić information content (AvgIpc) is 2.75. The first kappa shape index (κ1) is 31.9. The van der Waals surface area contributed by atoms with Crippen LogP contribution in [-0.2, 0) is 4.79 Å². The van der Waals surface area contributed by atoms with Crippen molar-refractivity contribution in [3.63, 3.8) is 0 Å². The highest BCUT2D eigenvalue weighted by molar-refractivity contribution is 5.73. The topological polar surface area (TPSA) is 66.6 Å². The van der Waals surface area contributed by atoms with Crippen molar-refractivity contribution in [3.05, 3.63) is 12.2 Å². The lowest BCUT2D eigenvalue weighted by atomic mass is 10.0. The van der Waals surface area contributed by atoms with E-state index >= 15 is 0 Å². The molecular weight excluding hydrogens is 429 g/mol. The maximum absolute atomic E-state index is 13.6. The molecular formula is C26H49F3N2O2. The third-order valence-corrected chi connectivity index (χ3v) is 6.32. The van der Waals surface area contributed by atoms with Crippen LogP contribution >= 0.6 is 0 Å². The molecule has 0 radical (unpaired) electrons. The van der Waals surface area contributed by atoms with Gasteiger partial charge >= 0.3 is 12.1 Å². The van der Waals surface area contributed by atoms with E-state index in [2.05, 4.69) is 19.1 Å². The van der Waals surface area contributed by atoms with Crippen molar-refractivity contribution in [2.75, 3.05) is 13.6 Å². The van der Waals surface area contributed by atoms with Crippen LogP contribution in [0.5, 0.6) is 0 Å². The second-order valence-electron chi connectivity index (χ2n) is 9.23. The Hall–Kier alpha value is -1.08. The lowest BCUT2D eigenvalue weighted by Gasteiger charge is -2.34. The van der Waals surface area contributed by atoms with Crippen molar-refractivity contribution in [1.29, 1.82) is 0 Å². The minimum absolute atomic E-state index is 0.0519. The summed E-state index contributed by atoms with van der Waals surface area (Å²) in [4.78, 5) is 12.5. The summed E-state index contributed by atoms with van der Waals surface area (Å²) in [6.45, 7) is 2.63. The number of hydrogen-bond donors (Lipinski definition) is 2. The number of allylic oxidation sites excluding steroid dienone is 2. The highest BCUT2D eigenvalue weighted by Gasteiger charge is 2.44. The third-order valence-electron chi connectivity index (χ3n) is 6.32. The van der Waals surface area contributed by atoms with Crippen molar-refractivity contribution in [3.8, 4) is 0 Å². The van der Waals surface area contributed by atoms with Gasteiger partial charge in [-0.3, -0.25) is 9.69 Å². The van der Waals surface area contributed by atoms with Crippen LogP contribution in [0.25, 0.3) is 0 Å². The van der Waals surface area contributed by atoms with Gasteiger partial charge in [-0.1, -0.05) is 83.3 Å². The van der Waals surface area contributed by atoms with Gasteiger partial charge in [0, 0.05) is 0 Å². The molecule has 2 atom stereocenters. The number of unbranched alkanes of at least 4 members (excludes halogenated alkanes) is 12. The largest absolute Gasteiger partial charge is 0.480 e. The standard InChI is InChI=1S/C26H49F3N2O2/c1-3-4-5-6-7-8-9-10-11-12-13-14-15-16-17-21-24(26(27,28)29)31(2)23(25(32)33)20-18-19-22-30/h8-9,23-24H,3-7,10-22,30H2,1-2H3,(H,32,33)/b9-8-. The molecule has 0 amide bonds. The lowest BCUT2D eigenvalue weighted by Crippen LogP contribution is -2.51. The number of halogens is 3. The number of nitrogens with two attached hydrogens (primary N) is 1. The molecule has 0 rings (SSSR count). The van der Waals surface area contributed by atoms with E-state index in [9.17, 15) is 23.1 Å². The zero-order valence-electron chi connectivity index (χ0n) is 21.1. The van der Waals surface area contributed by atoms with Crippen LogP contribution in [-0.4, -0.2) is 47.8 Å². The Morgan fingerprint density at radius 1 is 0.848 bits per heavy atom. The van der Waals surface area contributed by atoms with E-state index in [1.807, 2.05) is 0 Å². The van der Waals surface area contributed by atoms with E-state index in [4.69, 9.17) is 5.73 Å². The molecule has 33 heavy (non-hydrogen) atoms. The van der Waals surface area contributed by atoms with Crippen molar-refractivity contribution in [2.24, 2.45) is 5.73 Å². The fraction of sp³-hybridized carbons (Fsp3) is 0.885. The van der Waals surface area contributed by atoms with Crippen LogP contribution in [0.4, 0.5) is 13.2 Å². The third kappa shape index (κ3) is 17.1. The van der Waals surface area contributed by atoms with E-state index in [0.29, 0.717) is 25.8 Å². The molecule has 0 aliphatic rings. The SMILES string of the molecule is CCCCCC/C=C\CCCCCCCCCC(N(C)C(CCCCN)C(=O)O)C(F)(F)F. The highest BCUT2D eigenvalue weighted by atomic mass is 19.4. The first-order valence-corrected chi connectivity index (χ1v) is 13.1. The van der Waals surface area contributed by atoms with E-state index < -0.39 is 24.2 Å². The first-order chi connectivity index (χ1) is 15.8. The lowest BCUT2D eigenvalue weighted by molar-refractivity contribution is -0.191. The Kier molecular flexibility index (Phi) is 19.6. The normalized spacial score (nSPS) is 14.3. The molecule has 4 nitrogen and oxygen atoms in total. The van der Waals surface area contributed by atoms with E-state index in [1.54, 1.807) is 0 Å². The predicted molar refractivity (Wildman–Crippen MR) is 131 cm³/mol. The summed E-state index contributed by atoms with van der Waals surface area (Å²) in [5.41, 5.74) is 5.42. The van der Waals surface area contributed by atoms with Gasteiger partial charge in [-0.2, -0.15) is 13.2 Å². The predicted octanol–water partition coefficient (Wildman–Crippen LogP) is 7.47. The second-order valence-corrected chi connectivity index (χ2v) is 9.23. The number of hydrogen-bond acceptors (Lipinski definition) is 3. The Morgan fingerprint density at radius 3 is 1.82 bits per heavy atom. The molecule has 7 heteroatoms. The zero-order chi connectivity index (χ0) is 25.0. The summed E-state index contributed by atoms with van der Waals surface area (Å²) in [6, 6.07) is -2.85. The Balaban J connectivity index is 4.08. The summed E-state index contributed by atoms with van der Waals surface area (Å²) in [5, 5.41) is 9.42. The van der Waals surface area contributed by atoms with Gasteiger partial charge in [0.1, 0.15) is 12.1 Å². The molecule has 3 N–H and O–H groups in total. The summed E-state index contributed by atoms with van der Waals surface area (Å²) in [7, 11) is 1.29. The van der Waals surface area contributed by atoms with Crippen LogP contribution in [0, 0.1) is 0 Å². The van der Waals surface area contributed by atoms with Crippen molar-refractivity contribution >= 4 is 5.97 Å². The van der Waals surface area contributed by atoms with Gasteiger partial charge in [-0.15, -0.1) is 0 Å².